The van der Waals surface area contributed by atoms with Gasteiger partial charge in [-0.2, -0.15) is 0 Å². The van der Waals surface area contributed by atoms with Gasteiger partial charge in [-0.15, -0.1) is 0 Å². The summed E-state index contributed by atoms with van der Waals surface area (Å²) in [5.41, 5.74) is 5.46. The Balaban J connectivity index is 2.16. The van der Waals surface area contributed by atoms with Crippen molar-refractivity contribution in [2.24, 2.45) is 11.7 Å². The van der Waals surface area contributed by atoms with E-state index in [1.54, 1.807) is 0 Å². The maximum Gasteiger partial charge on any atom is 0.317 e. The zero-order chi connectivity index (χ0) is 11.1. The Morgan fingerprint density at radius 2 is 2.07 bits per heavy atom. The molecule has 1 fully saturated rings. The summed E-state index contributed by atoms with van der Waals surface area (Å²) in [7, 11) is 0. The Labute approximate surface area is 92.2 Å². The summed E-state index contributed by atoms with van der Waals surface area (Å²) in [5, 5.41) is 2.97. The summed E-state index contributed by atoms with van der Waals surface area (Å²) in [6.45, 7) is 5.38. The van der Waals surface area contributed by atoms with Gasteiger partial charge >= 0.3 is 6.03 Å². The average Bonchev–Trinajstić information content (AvgIpc) is 2.27. The average molecular weight is 213 g/mol. The molecule has 0 aromatic heterocycles. The zero-order valence-corrected chi connectivity index (χ0v) is 9.67. The lowest BCUT2D eigenvalue weighted by Gasteiger charge is -2.27. The van der Waals surface area contributed by atoms with Gasteiger partial charge in [-0.3, -0.25) is 0 Å². The molecular weight excluding hydrogens is 190 g/mol. The first-order chi connectivity index (χ1) is 7.24. The predicted octanol–water partition coefficient (Wildman–Crippen LogP) is 1.17. The van der Waals surface area contributed by atoms with Crippen molar-refractivity contribution in [3.05, 3.63) is 0 Å². The summed E-state index contributed by atoms with van der Waals surface area (Å²) in [6.07, 6.45) is 4.52. The summed E-state index contributed by atoms with van der Waals surface area (Å²) in [6, 6.07) is 0.0959. The molecule has 2 amide bonds. The lowest BCUT2D eigenvalue weighted by Crippen LogP contribution is -2.44. The molecule has 1 saturated heterocycles. The topological polar surface area (TPSA) is 58.4 Å². The van der Waals surface area contributed by atoms with Crippen LogP contribution in [0.25, 0.3) is 0 Å². The predicted molar refractivity (Wildman–Crippen MR) is 61.7 cm³/mol. The third-order valence-corrected chi connectivity index (χ3v) is 2.90. The van der Waals surface area contributed by atoms with Crippen molar-refractivity contribution in [3.63, 3.8) is 0 Å². The number of nitrogens with two attached hydrogens (primary N) is 1. The Bertz CT molecular complexity index is 190. The minimum atomic E-state index is 0.0959. The number of nitrogens with one attached hydrogen (secondary N) is 1. The van der Waals surface area contributed by atoms with Gasteiger partial charge in [-0.25, -0.2) is 4.79 Å². The third-order valence-electron chi connectivity index (χ3n) is 2.90. The molecule has 1 unspecified atom stereocenters. The number of carbonyl (C=O) groups excluding carboxylic acids is 1. The summed E-state index contributed by atoms with van der Waals surface area (Å²) >= 11 is 0. The molecule has 0 spiro atoms. The Morgan fingerprint density at radius 3 is 2.67 bits per heavy atom. The maximum atomic E-state index is 11.7. The minimum absolute atomic E-state index is 0.0959. The molecule has 4 heteroatoms. The standard InChI is InChI=1S/C11H23N3O/c1-10(5-6-12)9-13-11(15)14-7-3-2-4-8-14/h10H,2-9,12H2,1H3,(H,13,15). The SMILES string of the molecule is CC(CCN)CNC(=O)N1CCCCC1. The molecule has 1 heterocycles. The molecule has 0 radical (unpaired) electrons. The van der Waals surface area contributed by atoms with Crippen molar-refractivity contribution in [2.75, 3.05) is 26.2 Å². The second-order valence-electron chi connectivity index (χ2n) is 4.42. The first kappa shape index (κ1) is 12.3. The normalized spacial score (nSPS) is 18.7. The first-order valence-electron chi connectivity index (χ1n) is 5.97. The summed E-state index contributed by atoms with van der Waals surface area (Å²) in [5.74, 6) is 0.476. The zero-order valence-electron chi connectivity index (χ0n) is 9.67. The van der Waals surface area contributed by atoms with Gasteiger partial charge < -0.3 is 16.0 Å². The van der Waals surface area contributed by atoms with Gasteiger partial charge in [-0.1, -0.05) is 6.92 Å². The quantitative estimate of drug-likeness (QED) is 0.736. The van der Waals surface area contributed by atoms with Crippen molar-refractivity contribution >= 4 is 6.03 Å². The highest BCUT2D eigenvalue weighted by Gasteiger charge is 2.16. The second kappa shape index (κ2) is 6.67. The van der Waals surface area contributed by atoms with Crippen LogP contribution in [0.3, 0.4) is 0 Å². The van der Waals surface area contributed by atoms with E-state index in [0.717, 1.165) is 38.9 Å². The lowest BCUT2D eigenvalue weighted by molar-refractivity contribution is 0.185. The maximum absolute atomic E-state index is 11.7. The van der Waals surface area contributed by atoms with Crippen molar-refractivity contribution in [3.8, 4) is 0 Å². The van der Waals surface area contributed by atoms with Crippen molar-refractivity contribution in [1.29, 1.82) is 0 Å². The Morgan fingerprint density at radius 1 is 1.40 bits per heavy atom. The molecule has 15 heavy (non-hydrogen) atoms. The summed E-state index contributed by atoms with van der Waals surface area (Å²) in [4.78, 5) is 13.6. The van der Waals surface area contributed by atoms with Gasteiger partial charge in [0.1, 0.15) is 0 Å². The van der Waals surface area contributed by atoms with Gasteiger partial charge in [0.25, 0.3) is 0 Å². The van der Waals surface area contributed by atoms with Crippen LogP contribution in [0.1, 0.15) is 32.6 Å². The molecule has 0 aliphatic carbocycles. The largest absolute Gasteiger partial charge is 0.338 e. The van der Waals surface area contributed by atoms with Crippen molar-refractivity contribution in [1.82, 2.24) is 10.2 Å². The van der Waals surface area contributed by atoms with Crippen LogP contribution in [0.4, 0.5) is 4.79 Å². The molecule has 0 aromatic rings. The molecule has 0 saturated carbocycles. The molecule has 1 atom stereocenters. The van der Waals surface area contributed by atoms with E-state index < -0.39 is 0 Å². The Kier molecular flexibility index (Phi) is 5.47. The van der Waals surface area contributed by atoms with E-state index in [4.69, 9.17) is 5.73 Å². The number of hydrogen-bond donors (Lipinski definition) is 2. The summed E-state index contributed by atoms with van der Waals surface area (Å²) < 4.78 is 0. The minimum Gasteiger partial charge on any atom is -0.338 e. The Hall–Kier alpha value is -0.770. The number of piperidine rings is 1. The second-order valence-corrected chi connectivity index (χ2v) is 4.42. The van der Waals surface area contributed by atoms with Crippen LogP contribution in [0, 0.1) is 5.92 Å². The number of carbonyl (C=O) groups is 1. The third kappa shape index (κ3) is 4.51. The highest BCUT2D eigenvalue weighted by molar-refractivity contribution is 5.74. The van der Waals surface area contributed by atoms with Gasteiger partial charge in [0.2, 0.25) is 0 Å². The molecule has 1 aliphatic rings. The number of hydrogen-bond acceptors (Lipinski definition) is 2. The van der Waals surface area contributed by atoms with E-state index >= 15 is 0 Å². The van der Waals surface area contributed by atoms with Gasteiger partial charge in [0.15, 0.2) is 0 Å². The smallest absolute Gasteiger partial charge is 0.317 e. The lowest BCUT2D eigenvalue weighted by atomic mass is 10.1. The molecule has 0 bridgehead atoms. The van der Waals surface area contributed by atoms with Crippen LogP contribution >= 0.6 is 0 Å². The fourth-order valence-electron chi connectivity index (χ4n) is 1.86. The molecule has 0 aromatic carbocycles. The van der Waals surface area contributed by atoms with E-state index in [1.807, 2.05) is 4.90 Å². The molecule has 1 rings (SSSR count). The van der Waals surface area contributed by atoms with Crippen LogP contribution < -0.4 is 11.1 Å². The van der Waals surface area contributed by atoms with Crippen LogP contribution in [0.5, 0.6) is 0 Å². The first-order valence-corrected chi connectivity index (χ1v) is 5.97. The number of rotatable bonds is 4. The van der Waals surface area contributed by atoms with E-state index in [9.17, 15) is 4.79 Å². The van der Waals surface area contributed by atoms with E-state index in [0.29, 0.717) is 12.5 Å². The van der Waals surface area contributed by atoms with Crippen molar-refractivity contribution in [2.45, 2.75) is 32.6 Å². The molecule has 1 aliphatic heterocycles. The molecular formula is C11H23N3O. The van der Waals surface area contributed by atoms with E-state index in [-0.39, 0.29) is 6.03 Å². The van der Waals surface area contributed by atoms with E-state index in [2.05, 4.69) is 12.2 Å². The van der Waals surface area contributed by atoms with Crippen LogP contribution in [-0.4, -0.2) is 37.1 Å². The van der Waals surface area contributed by atoms with E-state index in [1.165, 1.54) is 6.42 Å². The molecule has 3 N–H and O–H groups in total. The number of likely N-dealkylation sites (tertiary alicyclic amines) is 1. The van der Waals surface area contributed by atoms with Gasteiger partial charge in [-0.05, 0) is 38.1 Å². The highest BCUT2D eigenvalue weighted by Crippen LogP contribution is 2.08. The molecule has 4 nitrogen and oxygen atoms in total. The molecule has 88 valence electrons. The van der Waals surface area contributed by atoms with Crippen LogP contribution in [0.2, 0.25) is 0 Å². The van der Waals surface area contributed by atoms with Crippen LogP contribution in [-0.2, 0) is 0 Å². The number of nitrogens with zero attached hydrogens (tertiary/aromatic N) is 1. The fraction of sp³-hybridized carbons (Fsp3) is 0.909. The monoisotopic (exact) mass is 213 g/mol. The highest BCUT2D eigenvalue weighted by atomic mass is 16.2. The number of amides is 2. The van der Waals surface area contributed by atoms with Crippen LogP contribution in [0.15, 0.2) is 0 Å². The van der Waals surface area contributed by atoms with Gasteiger partial charge in [0, 0.05) is 19.6 Å². The van der Waals surface area contributed by atoms with Crippen molar-refractivity contribution < 1.29 is 4.79 Å². The fourth-order valence-corrected chi connectivity index (χ4v) is 1.86. The van der Waals surface area contributed by atoms with Gasteiger partial charge in [0.05, 0.1) is 0 Å². The number of urea groups is 1.